The Kier molecular flexibility index (Phi) is 5.48. The summed E-state index contributed by atoms with van der Waals surface area (Å²) in [5, 5.41) is 2.79. The Morgan fingerprint density at radius 3 is 2.26 bits per heavy atom. The monoisotopic (exact) mass is 372 g/mol. The molecule has 1 heterocycles. The van der Waals surface area contributed by atoms with Crippen molar-refractivity contribution in [3.05, 3.63) is 35.9 Å². The number of hydrogen-bond donors (Lipinski definition) is 1. The van der Waals surface area contributed by atoms with Gasteiger partial charge in [-0.3, -0.25) is 19.3 Å². The van der Waals surface area contributed by atoms with E-state index in [-0.39, 0.29) is 36.1 Å². The molecule has 1 aromatic rings. The van der Waals surface area contributed by atoms with E-state index in [0.29, 0.717) is 24.3 Å². The average molecular weight is 372 g/mol. The zero-order valence-electron chi connectivity index (χ0n) is 15.7. The first kappa shape index (κ1) is 18.9. The maximum Gasteiger partial charge on any atom is 0.243 e. The van der Waals surface area contributed by atoms with E-state index in [4.69, 9.17) is 9.47 Å². The Balaban J connectivity index is 1.64. The minimum absolute atomic E-state index is 0.247. The number of carbonyl (C=O) groups excluding carboxylic acids is 3. The summed E-state index contributed by atoms with van der Waals surface area (Å²) in [6, 6.07) is 4.51. The van der Waals surface area contributed by atoms with Crippen LogP contribution in [0.5, 0.6) is 11.5 Å². The van der Waals surface area contributed by atoms with Gasteiger partial charge in [-0.15, -0.1) is 0 Å². The van der Waals surface area contributed by atoms with Crippen molar-refractivity contribution in [2.75, 3.05) is 14.2 Å². The second-order valence-corrected chi connectivity index (χ2v) is 6.79. The molecule has 1 saturated heterocycles. The topological polar surface area (TPSA) is 84.9 Å². The van der Waals surface area contributed by atoms with Crippen LogP contribution in [0.15, 0.2) is 30.4 Å². The molecular weight excluding hydrogens is 348 g/mol. The lowest BCUT2D eigenvalue weighted by molar-refractivity contribution is -0.147. The predicted molar refractivity (Wildman–Crippen MR) is 98.1 cm³/mol. The van der Waals surface area contributed by atoms with E-state index in [9.17, 15) is 14.4 Å². The van der Waals surface area contributed by atoms with Crippen LogP contribution >= 0.6 is 0 Å². The lowest BCUT2D eigenvalue weighted by Crippen LogP contribution is -2.48. The van der Waals surface area contributed by atoms with Crippen molar-refractivity contribution < 1.29 is 23.9 Å². The zero-order chi connectivity index (χ0) is 19.6. The van der Waals surface area contributed by atoms with Crippen molar-refractivity contribution in [3.8, 4) is 11.5 Å². The van der Waals surface area contributed by atoms with Gasteiger partial charge >= 0.3 is 0 Å². The van der Waals surface area contributed by atoms with E-state index in [1.54, 1.807) is 33.3 Å². The molecular formula is C20H24N2O5. The Labute approximate surface area is 158 Å². The van der Waals surface area contributed by atoms with Crippen molar-refractivity contribution in [2.24, 2.45) is 11.8 Å². The number of methoxy groups -OCH3 is 2. The molecule has 1 aromatic carbocycles. The highest BCUT2D eigenvalue weighted by molar-refractivity contribution is 6.08. The van der Waals surface area contributed by atoms with Crippen LogP contribution in [0.4, 0.5) is 0 Å². The van der Waals surface area contributed by atoms with Gasteiger partial charge in [0.05, 0.1) is 26.1 Å². The fraction of sp³-hybridized carbons (Fsp3) is 0.450. The normalized spacial score (nSPS) is 22.4. The molecule has 27 heavy (non-hydrogen) atoms. The van der Waals surface area contributed by atoms with Gasteiger partial charge in [0, 0.05) is 6.54 Å². The largest absolute Gasteiger partial charge is 0.493 e. The first-order valence-corrected chi connectivity index (χ1v) is 8.98. The molecule has 144 valence electrons. The van der Waals surface area contributed by atoms with Crippen molar-refractivity contribution in [3.63, 3.8) is 0 Å². The minimum atomic E-state index is -0.837. The molecule has 1 N–H and O–H groups in total. The number of imide groups is 1. The fourth-order valence-corrected chi connectivity index (χ4v) is 3.65. The van der Waals surface area contributed by atoms with Crippen molar-refractivity contribution in [2.45, 2.75) is 32.4 Å². The molecule has 0 saturated carbocycles. The Bertz CT molecular complexity index is 763. The van der Waals surface area contributed by atoms with Gasteiger partial charge in [-0.05, 0) is 37.5 Å². The van der Waals surface area contributed by atoms with Gasteiger partial charge in [-0.1, -0.05) is 18.2 Å². The van der Waals surface area contributed by atoms with E-state index < -0.39 is 6.04 Å². The van der Waals surface area contributed by atoms with E-state index in [2.05, 4.69) is 5.32 Å². The quantitative estimate of drug-likeness (QED) is 0.606. The first-order valence-electron chi connectivity index (χ1n) is 8.98. The molecule has 2 aliphatic rings. The molecule has 1 aliphatic heterocycles. The van der Waals surface area contributed by atoms with Crippen LogP contribution in [0.3, 0.4) is 0 Å². The summed E-state index contributed by atoms with van der Waals surface area (Å²) in [6.45, 7) is 1.85. The Hall–Kier alpha value is -2.83. The number of ether oxygens (including phenoxy) is 2. The second kappa shape index (κ2) is 7.82. The highest BCUT2D eigenvalue weighted by Gasteiger charge is 2.50. The molecule has 1 fully saturated rings. The number of allylic oxidation sites excluding steroid dienone is 2. The first-order chi connectivity index (χ1) is 13.0. The lowest BCUT2D eigenvalue weighted by atomic mass is 9.85. The van der Waals surface area contributed by atoms with Crippen LogP contribution in [0.2, 0.25) is 0 Å². The van der Waals surface area contributed by atoms with Crippen LogP contribution in [-0.2, 0) is 20.9 Å². The molecule has 3 amide bonds. The number of hydrogen-bond acceptors (Lipinski definition) is 5. The zero-order valence-corrected chi connectivity index (χ0v) is 15.7. The molecule has 0 radical (unpaired) electrons. The molecule has 0 spiro atoms. The Morgan fingerprint density at radius 2 is 1.70 bits per heavy atom. The third-order valence-electron chi connectivity index (χ3n) is 5.22. The summed E-state index contributed by atoms with van der Waals surface area (Å²) < 4.78 is 10.4. The second-order valence-electron chi connectivity index (χ2n) is 6.79. The minimum Gasteiger partial charge on any atom is -0.493 e. The van der Waals surface area contributed by atoms with Gasteiger partial charge in [0.1, 0.15) is 6.04 Å². The number of amides is 3. The van der Waals surface area contributed by atoms with E-state index in [0.717, 1.165) is 10.5 Å². The number of fused-ring (bicyclic) bond motifs is 1. The standard InChI is InChI=1S/C20H24N2O5/c1-12(22-19(24)14-6-4-5-7-15(14)20(22)25)18(23)21-11-13-8-9-16(26-2)17(10-13)27-3/h4-5,8-10,12,14-15H,6-7,11H2,1-3H3,(H,21,23)/t12-,14-,15+/m0/s1. The van der Waals surface area contributed by atoms with Crippen molar-refractivity contribution >= 4 is 17.7 Å². The highest BCUT2D eigenvalue weighted by atomic mass is 16.5. The predicted octanol–water partition coefficient (Wildman–Crippen LogP) is 1.66. The maximum absolute atomic E-state index is 12.6. The Morgan fingerprint density at radius 1 is 1.11 bits per heavy atom. The van der Waals surface area contributed by atoms with Crippen LogP contribution in [0, 0.1) is 11.8 Å². The van der Waals surface area contributed by atoms with E-state index in [1.165, 1.54) is 0 Å². The third kappa shape index (κ3) is 3.54. The van der Waals surface area contributed by atoms with Gasteiger partial charge in [-0.25, -0.2) is 0 Å². The fourth-order valence-electron chi connectivity index (χ4n) is 3.65. The molecule has 3 rings (SSSR count). The summed E-state index contributed by atoms with van der Waals surface area (Å²) >= 11 is 0. The van der Waals surface area contributed by atoms with Crippen LogP contribution in [-0.4, -0.2) is 42.9 Å². The number of rotatable bonds is 6. The molecule has 0 unspecified atom stereocenters. The third-order valence-corrected chi connectivity index (χ3v) is 5.22. The molecule has 0 bridgehead atoms. The number of carbonyl (C=O) groups is 3. The molecule has 0 aromatic heterocycles. The number of nitrogens with zero attached hydrogens (tertiary/aromatic N) is 1. The summed E-state index contributed by atoms with van der Waals surface area (Å²) in [5.74, 6) is -0.347. The summed E-state index contributed by atoms with van der Waals surface area (Å²) in [7, 11) is 3.10. The van der Waals surface area contributed by atoms with Crippen LogP contribution in [0.1, 0.15) is 25.3 Å². The molecule has 7 heteroatoms. The average Bonchev–Trinajstić information content (AvgIpc) is 2.96. The van der Waals surface area contributed by atoms with Gasteiger partial charge in [0.15, 0.2) is 11.5 Å². The van der Waals surface area contributed by atoms with Gasteiger partial charge in [0.2, 0.25) is 17.7 Å². The van der Waals surface area contributed by atoms with Crippen molar-refractivity contribution in [1.29, 1.82) is 0 Å². The molecule has 1 aliphatic carbocycles. The molecule has 3 atom stereocenters. The van der Waals surface area contributed by atoms with Gasteiger partial charge < -0.3 is 14.8 Å². The summed E-state index contributed by atoms with van der Waals surface area (Å²) in [4.78, 5) is 38.9. The van der Waals surface area contributed by atoms with E-state index >= 15 is 0 Å². The van der Waals surface area contributed by atoms with Gasteiger partial charge in [-0.2, -0.15) is 0 Å². The SMILES string of the molecule is COc1ccc(CNC(=O)[C@H](C)N2C(=O)[C@H]3CC=CC[C@H]3C2=O)cc1OC. The number of likely N-dealkylation sites (tertiary alicyclic amines) is 1. The summed E-state index contributed by atoms with van der Waals surface area (Å²) in [5.41, 5.74) is 0.824. The van der Waals surface area contributed by atoms with Crippen molar-refractivity contribution in [1.82, 2.24) is 10.2 Å². The number of nitrogens with one attached hydrogen (secondary N) is 1. The van der Waals surface area contributed by atoms with E-state index in [1.807, 2.05) is 18.2 Å². The summed E-state index contributed by atoms with van der Waals surface area (Å²) in [6.07, 6.45) is 4.98. The lowest BCUT2D eigenvalue weighted by Gasteiger charge is -2.22. The van der Waals surface area contributed by atoms with Crippen LogP contribution in [0.25, 0.3) is 0 Å². The van der Waals surface area contributed by atoms with Crippen LogP contribution < -0.4 is 14.8 Å². The number of benzene rings is 1. The highest BCUT2D eigenvalue weighted by Crippen LogP contribution is 2.36. The smallest absolute Gasteiger partial charge is 0.243 e. The molecule has 7 nitrogen and oxygen atoms in total. The maximum atomic E-state index is 12.6. The van der Waals surface area contributed by atoms with Gasteiger partial charge in [0.25, 0.3) is 0 Å².